The molecule has 160 valence electrons. The van der Waals surface area contributed by atoms with Crippen LogP contribution in [0.25, 0.3) is 11.0 Å². The maximum absolute atomic E-state index is 12.3. The number of hydrogen-bond acceptors (Lipinski definition) is 4. The lowest BCUT2D eigenvalue weighted by Gasteiger charge is -2.26. The van der Waals surface area contributed by atoms with Gasteiger partial charge in [-0.1, -0.05) is 39.3 Å². The highest BCUT2D eigenvalue weighted by Gasteiger charge is 2.21. The van der Waals surface area contributed by atoms with Gasteiger partial charge in [-0.2, -0.15) is 0 Å². The molecule has 5 heteroatoms. The molecule has 2 heterocycles. The van der Waals surface area contributed by atoms with E-state index in [1.54, 1.807) is 0 Å². The Balaban J connectivity index is 1.64. The van der Waals surface area contributed by atoms with Gasteiger partial charge in [0.15, 0.2) is 5.58 Å². The van der Waals surface area contributed by atoms with E-state index >= 15 is 0 Å². The lowest BCUT2D eigenvalue weighted by Crippen LogP contribution is -2.35. The number of nitrogens with zero attached hydrogens (tertiary/aromatic N) is 2. The van der Waals surface area contributed by atoms with Crippen LogP contribution in [0.5, 0.6) is 5.75 Å². The molecule has 5 nitrogen and oxygen atoms in total. The van der Waals surface area contributed by atoms with E-state index < -0.39 is 0 Å². The fourth-order valence-electron chi connectivity index (χ4n) is 4.05. The number of fused-ring (bicyclic) bond motifs is 1. The Kier molecular flexibility index (Phi) is 7.20. The highest BCUT2D eigenvalue weighted by atomic mass is 16.5. The van der Waals surface area contributed by atoms with E-state index in [1.807, 2.05) is 11.0 Å². The van der Waals surface area contributed by atoms with Crippen molar-refractivity contribution < 1.29 is 14.1 Å². The Morgan fingerprint density at radius 3 is 2.66 bits per heavy atom. The van der Waals surface area contributed by atoms with E-state index in [4.69, 9.17) is 9.26 Å². The summed E-state index contributed by atoms with van der Waals surface area (Å²) >= 11 is 0. The molecule has 0 N–H and O–H groups in total. The summed E-state index contributed by atoms with van der Waals surface area (Å²) in [5.41, 5.74) is 3.13. The molecule has 1 aromatic carbocycles. The Hall–Kier alpha value is -2.04. The van der Waals surface area contributed by atoms with Crippen LogP contribution in [0.1, 0.15) is 77.5 Å². The van der Waals surface area contributed by atoms with Gasteiger partial charge in [-0.25, -0.2) is 0 Å². The zero-order chi connectivity index (χ0) is 20.9. The fourth-order valence-corrected chi connectivity index (χ4v) is 4.05. The Labute approximate surface area is 174 Å². The average molecular weight is 401 g/mol. The number of piperidine rings is 1. The number of rotatable bonds is 8. The van der Waals surface area contributed by atoms with Gasteiger partial charge in [0.1, 0.15) is 5.75 Å². The minimum atomic E-state index is 0.158. The van der Waals surface area contributed by atoms with Crippen LogP contribution < -0.4 is 4.74 Å². The zero-order valence-corrected chi connectivity index (χ0v) is 18.6. The van der Waals surface area contributed by atoms with E-state index in [9.17, 15) is 4.79 Å². The second-order valence-electron chi connectivity index (χ2n) is 9.43. The molecule has 0 unspecified atom stereocenters. The van der Waals surface area contributed by atoms with Crippen LogP contribution >= 0.6 is 0 Å². The first-order chi connectivity index (χ1) is 13.9. The molecule has 1 saturated heterocycles. The minimum absolute atomic E-state index is 0.158. The monoisotopic (exact) mass is 400 g/mol. The van der Waals surface area contributed by atoms with Gasteiger partial charge in [0, 0.05) is 30.5 Å². The maximum atomic E-state index is 12.3. The molecule has 0 spiro atoms. The molecule has 3 rings (SSSR count). The van der Waals surface area contributed by atoms with E-state index in [0.717, 1.165) is 79.6 Å². The normalized spacial score (nSPS) is 15.1. The summed E-state index contributed by atoms with van der Waals surface area (Å²) in [4.78, 5) is 14.3. The smallest absolute Gasteiger partial charge is 0.222 e. The number of aryl methyl sites for hydroxylation is 1. The van der Waals surface area contributed by atoms with E-state index in [2.05, 4.69) is 38.9 Å². The number of carbonyl (C=O) groups excluding carboxylic acids is 1. The van der Waals surface area contributed by atoms with Crippen LogP contribution in [0.15, 0.2) is 16.7 Å². The van der Waals surface area contributed by atoms with Crippen LogP contribution in [-0.2, 0) is 17.6 Å². The molecule has 0 atom stereocenters. The first-order valence-corrected chi connectivity index (χ1v) is 11.2. The lowest BCUT2D eigenvalue weighted by atomic mass is 9.89. The van der Waals surface area contributed by atoms with Crippen molar-refractivity contribution in [2.45, 2.75) is 79.1 Å². The van der Waals surface area contributed by atoms with Crippen LogP contribution in [0.4, 0.5) is 0 Å². The molecule has 2 aromatic rings. The minimum Gasteiger partial charge on any atom is -0.493 e. The molecular weight excluding hydrogens is 364 g/mol. The predicted molar refractivity (Wildman–Crippen MR) is 116 cm³/mol. The molecular formula is C24H36N2O3. The third-order valence-corrected chi connectivity index (χ3v) is 5.47. The van der Waals surface area contributed by atoms with Crippen molar-refractivity contribution in [2.24, 2.45) is 5.41 Å². The third-order valence-electron chi connectivity index (χ3n) is 5.47. The highest BCUT2D eigenvalue weighted by molar-refractivity contribution is 5.84. The molecule has 1 aromatic heterocycles. The van der Waals surface area contributed by atoms with Crippen molar-refractivity contribution in [3.8, 4) is 5.75 Å². The SMILES string of the molecule is CCCc1c(OCCCC(=O)N2CCCCC2)ccc2c(CC(C)(C)C)noc12. The zero-order valence-electron chi connectivity index (χ0n) is 18.6. The first kappa shape index (κ1) is 21.7. The molecule has 0 bridgehead atoms. The van der Waals surface area contributed by atoms with Gasteiger partial charge in [0.05, 0.1) is 12.3 Å². The molecule has 0 saturated carbocycles. The molecule has 1 aliphatic rings. The standard InChI is InChI=1S/C24H36N2O3/c1-5-10-19-21(28-16-9-11-22(27)26-14-7-6-8-15-26)13-12-18-20(17-24(2,3)4)25-29-23(18)19/h12-13H,5-11,14-17H2,1-4H3. The summed E-state index contributed by atoms with van der Waals surface area (Å²) in [6.45, 7) is 11.2. The second kappa shape index (κ2) is 9.64. The number of ether oxygens (including phenoxy) is 1. The number of likely N-dealkylation sites (tertiary alicyclic amines) is 1. The van der Waals surface area contributed by atoms with E-state index in [-0.39, 0.29) is 11.3 Å². The number of carbonyl (C=O) groups is 1. The number of benzene rings is 1. The van der Waals surface area contributed by atoms with Gasteiger partial charge in [0.25, 0.3) is 0 Å². The molecule has 0 radical (unpaired) electrons. The number of amides is 1. The lowest BCUT2D eigenvalue weighted by molar-refractivity contribution is -0.132. The third kappa shape index (κ3) is 5.74. The van der Waals surface area contributed by atoms with Crippen molar-refractivity contribution in [3.63, 3.8) is 0 Å². The van der Waals surface area contributed by atoms with Gasteiger partial charge in [0.2, 0.25) is 5.91 Å². The Morgan fingerprint density at radius 2 is 1.97 bits per heavy atom. The van der Waals surface area contributed by atoms with Crippen LogP contribution in [-0.4, -0.2) is 35.7 Å². The number of aromatic nitrogens is 1. The highest BCUT2D eigenvalue weighted by Crippen LogP contribution is 2.33. The van der Waals surface area contributed by atoms with E-state index in [0.29, 0.717) is 13.0 Å². The molecule has 1 fully saturated rings. The molecule has 29 heavy (non-hydrogen) atoms. The maximum Gasteiger partial charge on any atom is 0.222 e. The summed E-state index contributed by atoms with van der Waals surface area (Å²) in [5.74, 6) is 1.13. The molecule has 1 aliphatic heterocycles. The van der Waals surface area contributed by atoms with Gasteiger partial charge < -0.3 is 14.2 Å². The second-order valence-corrected chi connectivity index (χ2v) is 9.43. The van der Waals surface area contributed by atoms with Crippen molar-refractivity contribution in [2.75, 3.05) is 19.7 Å². The van der Waals surface area contributed by atoms with Crippen molar-refractivity contribution >= 4 is 16.9 Å². The van der Waals surface area contributed by atoms with Gasteiger partial charge in [-0.3, -0.25) is 4.79 Å². The Bertz CT molecular complexity index is 813. The topological polar surface area (TPSA) is 55.6 Å². The summed E-state index contributed by atoms with van der Waals surface area (Å²) < 4.78 is 11.8. The largest absolute Gasteiger partial charge is 0.493 e. The number of hydrogen-bond donors (Lipinski definition) is 0. The van der Waals surface area contributed by atoms with Gasteiger partial charge in [-0.15, -0.1) is 0 Å². The summed E-state index contributed by atoms with van der Waals surface area (Å²) in [5, 5.41) is 5.45. The summed E-state index contributed by atoms with van der Waals surface area (Å²) in [6.07, 6.45) is 7.60. The summed E-state index contributed by atoms with van der Waals surface area (Å²) in [7, 11) is 0. The quantitative estimate of drug-likeness (QED) is 0.546. The van der Waals surface area contributed by atoms with Gasteiger partial charge in [-0.05, 0) is 56.1 Å². The van der Waals surface area contributed by atoms with Crippen molar-refractivity contribution in [1.29, 1.82) is 0 Å². The van der Waals surface area contributed by atoms with Crippen molar-refractivity contribution in [3.05, 3.63) is 23.4 Å². The van der Waals surface area contributed by atoms with Crippen molar-refractivity contribution in [1.82, 2.24) is 10.1 Å². The fraction of sp³-hybridized carbons (Fsp3) is 0.667. The van der Waals surface area contributed by atoms with Gasteiger partial charge >= 0.3 is 0 Å². The average Bonchev–Trinajstić information content (AvgIpc) is 3.08. The summed E-state index contributed by atoms with van der Waals surface area (Å²) in [6, 6.07) is 4.11. The van der Waals surface area contributed by atoms with Crippen LogP contribution in [0, 0.1) is 5.41 Å². The molecule has 1 amide bonds. The Morgan fingerprint density at radius 1 is 1.21 bits per heavy atom. The predicted octanol–water partition coefficient (Wildman–Crippen LogP) is 5.54. The van der Waals surface area contributed by atoms with E-state index in [1.165, 1.54) is 6.42 Å². The molecule has 0 aliphatic carbocycles. The van der Waals surface area contributed by atoms with Crippen LogP contribution in [0.3, 0.4) is 0 Å². The first-order valence-electron chi connectivity index (χ1n) is 11.2. The van der Waals surface area contributed by atoms with Crippen LogP contribution in [0.2, 0.25) is 0 Å².